The molecule has 0 aliphatic carbocycles. The molecule has 0 spiro atoms. The van der Waals surface area contributed by atoms with Crippen LogP contribution in [-0.4, -0.2) is 19.4 Å². The zero-order valence-corrected chi connectivity index (χ0v) is 17.0. The van der Waals surface area contributed by atoms with Crippen LogP contribution >= 0.6 is 11.3 Å². The van der Waals surface area contributed by atoms with Gasteiger partial charge in [0.05, 0.1) is 5.00 Å². The van der Waals surface area contributed by atoms with Crippen LogP contribution in [0.4, 0.5) is 5.00 Å². The van der Waals surface area contributed by atoms with Crippen LogP contribution in [0.15, 0.2) is 11.4 Å². The highest BCUT2D eigenvalue weighted by molar-refractivity contribution is 7.14. The Balaban J connectivity index is 2.82. The van der Waals surface area contributed by atoms with Gasteiger partial charge in [-0.3, -0.25) is 4.79 Å². The highest BCUT2D eigenvalue weighted by atomic mass is 32.1. The molecule has 0 saturated heterocycles. The Morgan fingerprint density at radius 1 is 1.00 bits per heavy atom. The molecule has 0 aromatic carbocycles. The van der Waals surface area contributed by atoms with Crippen LogP contribution in [0.1, 0.15) is 89.4 Å². The maximum absolute atomic E-state index is 11.1. The zero-order valence-electron chi connectivity index (χ0n) is 16.2. The second-order valence-electron chi connectivity index (χ2n) is 7.07. The Kier molecular flexibility index (Phi) is 11.1. The fourth-order valence-corrected chi connectivity index (χ4v) is 4.16. The maximum Gasteiger partial charge on any atom is 0.150 e. The van der Waals surface area contributed by atoms with E-state index in [0.29, 0.717) is 0 Å². The zero-order chi connectivity index (χ0) is 17.8. The summed E-state index contributed by atoms with van der Waals surface area (Å²) in [6, 6.07) is 2.08. The monoisotopic (exact) mass is 351 g/mol. The number of unbranched alkanes of at least 4 members (excludes halogenated alkanes) is 2. The molecule has 2 atom stereocenters. The Hall–Kier alpha value is -0.830. The highest BCUT2D eigenvalue weighted by Gasteiger charge is 2.18. The fourth-order valence-electron chi connectivity index (χ4n) is 3.28. The molecule has 2 nitrogen and oxygen atoms in total. The Bertz CT molecular complexity index is 425. The first-order chi connectivity index (χ1) is 11.7. The molecule has 0 N–H and O–H groups in total. The van der Waals surface area contributed by atoms with Crippen LogP contribution < -0.4 is 4.90 Å². The molecule has 0 amide bonds. The molecular weight excluding hydrogens is 314 g/mol. The Morgan fingerprint density at radius 3 is 1.92 bits per heavy atom. The summed E-state index contributed by atoms with van der Waals surface area (Å²) in [7, 11) is 0. The summed E-state index contributed by atoms with van der Waals surface area (Å²) in [5.41, 5.74) is 0.822. The van der Waals surface area contributed by atoms with Crippen molar-refractivity contribution in [3.8, 4) is 0 Å². The molecule has 0 radical (unpaired) electrons. The topological polar surface area (TPSA) is 20.3 Å². The van der Waals surface area contributed by atoms with Gasteiger partial charge in [0, 0.05) is 24.0 Å². The van der Waals surface area contributed by atoms with Crippen molar-refractivity contribution in [2.24, 2.45) is 11.8 Å². The minimum absolute atomic E-state index is 0.760. The van der Waals surface area contributed by atoms with Gasteiger partial charge >= 0.3 is 0 Å². The van der Waals surface area contributed by atoms with Crippen LogP contribution in [0.2, 0.25) is 0 Å². The first-order valence-electron chi connectivity index (χ1n) is 9.96. The number of carbonyl (C=O) groups excluding carboxylic acids is 1. The highest BCUT2D eigenvalue weighted by Crippen LogP contribution is 2.29. The van der Waals surface area contributed by atoms with Gasteiger partial charge in [-0.2, -0.15) is 0 Å². The lowest BCUT2D eigenvalue weighted by Gasteiger charge is -2.31. The fraction of sp³-hybridized carbons (Fsp3) is 0.762. The number of rotatable bonds is 14. The molecule has 0 bridgehead atoms. The van der Waals surface area contributed by atoms with Crippen molar-refractivity contribution in [3.05, 3.63) is 17.0 Å². The summed E-state index contributed by atoms with van der Waals surface area (Å²) in [6.45, 7) is 11.5. The summed E-state index contributed by atoms with van der Waals surface area (Å²) in [5.74, 6) is 1.52. The lowest BCUT2D eigenvalue weighted by molar-refractivity contribution is 0.112. The van der Waals surface area contributed by atoms with Crippen molar-refractivity contribution in [3.63, 3.8) is 0 Å². The Labute approximate surface area is 153 Å². The summed E-state index contributed by atoms with van der Waals surface area (Å²) < 4.78 is 0. The number of hydrogen-bond donors (Lipinski definition) is 0. The van der Waals surface area contributed by atoms with Gasteiger partial charge in [-0.15, -0.1) is 11.3 Å². The van der Waals surface area contributed by atoms with E-state index in [1.54, 1.807) is 11.3 Å². The van der Waals surface area contributed by atoms with Gasteiger partial charge < -0.3 is 4.90 Å². The van der Waals surface area contributed by atoms with Gasteiger partial charge in [-0.05, 0) is 30.7 Å². The SMILES string of the molecule is CCCCC(CC)CN(CC(CC)CCCC)c1cc(C=O)cs1. The summed E-state index contributed by atoms with van der Waals surface area (Å²) in [4.78, 5) is 13.6. The number of carbonyl (C=O) groups is 1. The van der Waals surface area contributed by atoms with Crippen molar-refractivity contribution in [2.75, 3.05) is 18.0 Å². The van der Waals surface area contributed by atoms with Gasteiger partial charge in [-0.25, -0.2) is 0 Å². The lowest BCUT2D eigenvalue weighted by atomic mass is 9.96. The molecule has 1 aromatic heterocycles. The van der Waals surface area contributed by atoms with E-state index in [9.17, 15) is 4.79 Å². The number of thiophene rings is 1. The smallest absolute Gasteiger partial charge is 0.150 e. The molecule has 138 valence electrons. The van der Waals surface area contributed by atoms with Crippen molar-refractivity contribution in [2.45, 2.75) is 79.1 Å². The number of nitrogens with zero attached hydrogens (tertiary/aromatic N) is 1. The van der Waals surface area contributed by atoms with E-state index < -0.39 is 0 Å². The summed E-state index contributed by atoms with van der Waals surface area (Å²) >= 11 is 1.73. The van der Waals surface area contributed by atoms with Crippen molar-refractivity contribution in [1.29, 1.82) is 0 Å². The third-order valence-corrected chi connectivity index (χ3v) is 6.10. The predicted octanol–water partition coefficient (Wildman–Crippen LogP) is 6.80. The minimum atomic E-state index is 0.760. The van der Waals surface area contributed by atoms with Crippen LogP contribution in [0.25, 0.3) is 0 Å². The Morgan fingerprint density at radius 2 is 1.54 bits per heavy atom. The van der Waals surface area contributed by atoms with E-state index in [1.807, 2.05) is 5.38 Å². The van der Waals surface area contributed by atoms with E-state index >= 15 is 0 Å². The van der Waals surface area contributed by atoms with Crippen molar-refractivity contribution >= 4 is 22.6 Å². The maximum atomic E-state index is 11.1. The van der Waals surface area contributed by atoms with E-state index in [4.69, 9.17) is 0 Å². The molecule has 0 saturated carbocycles. The third kappa shape index (κ3) is 7.38. The van der Waals surface area contributed by atoms with Gasteiger partial charge in [-0.1, -0.05) is 66.2 Å². The second kappa shape index (κ2) is 12.5. The van der Waals surface area contributed by atoms with E-state index in [2.05, 4.69) is 38.7 Å². The molecule has 0 aliphatic rings. The predicted molar refractivity (Wildman–Crippen MR) is 109 cm³/mol. The molecule has 1 heterocycles. The van der Waals surface area contributed by atoms with Gasteiger partial charge in [0.1, 0.15) is 0 Å². The van der Waals surface area contributed by atoms with Crippen LogP contribution in [0, 0.1) is 11.8 Å². The van der Waals surface area contributed by atoms with Crippen LogP contribution in [-0.2, 0) is 0 Å². The quantitative estimate of drug-likeness (QED) is 0.343. The molecule has 2 unspecified atom stereocenters. The number of hydrogen-bond acceptors (Lipinski definition) is 3. The number of anilines is 1. The van der Waals surface area contributed by atoms with E-state index in [-0.39, 0.29) is 0 Å². The summed E-state index contributed by atoms with van der Waals surface area (Å²) in [5, 5.41) is 3.27. The first kappa shape index (κ1) is 21.2. The number of aldehydes is 1. The van der Waals surface area contributed by atoms with E-state index in [0.717, 1.165) is 36.8 Å². The largest absolute Gasteiger partial charge is 0.363 e. The average Bonchev–Trinajstić information content (AvgIpc) is 3.09. The van der Waals surface area contributed by atoms with Crippen molar-refractivity contribution < 1.29 is 4.79 Å². The average molecular weight is 352 g/mol. The molecule has 3 heteroatoms. The lowest BCUT2D eigenvalue weighted by Crippen LogP contribution is -2.33. The van der Waals surface area contributed by atoms with Crippen molar-refractivity contribution in [1.82, 2.24) is 0 Å². The van der Waals surface area contributed by atoms with Crippen LogP contribution in [0.5, 0.6) is 0 Å². The van der Waals surface area contributed by atoms with E-state index in [1.165, 1.54) is 56.4 Å². The second-order valence-corrected chi connectivity index (χ2v) is 7.96. The third-order valence-electron chi connectivity index (χ3n) is 5.10. The standard InChI is InChI=1S/C21H37NOS/c1-5-9-11-18(7-3)14-22(15-19(8-4)12-10-6-2)21-13-20(16-23)17-24-21/h13,16-19H,5-12,14-15H2,1-4H3. The molecular formula is C21H37NOS. The normalized spacial score (nSPS) is 13.7. The van der Waals surface area contributed by atoms with Gasteiger partial charge in [0.25, 0.3) is 0 Å². The summed E-state index contributed by atoms with van der Waals surface area (Å²) in [6.07, 6.45) is 11.3. The molecule has 0 fully saturated rings. The molecule has 0 aliphatic heterocycles. The minimum Gasteiger partial charge on any atom is -0.363 e. The first-order valence-corrected chi connectivity index (χ1v) is 10.8. The molecule has 24 heavy (non-hydrogen) atoms. The van der Waals surface area contributed by atoms with Crippen LogP contribution in [0.3, 0.4) is 0 Å². The molecule has 1 aromatic rings. The molecule has 1 rings (SSSR count). The van der Waals surface area contributed by atoms with Gasteiger partial charge in [0.2, 0.25) is 0 Å². The van der Waals surface area contributed by atoms with Gasteiger partial charge in [0.15, 0.2) is 6.29 Å².